The van der Waals surface area contributed by atoms with Gasteiger partial charge in [-0.2, -0.15) is 0 Å². The smallest absolute Gasteiger partial charge is 0.136 e. The van der Waals surface area contributed by atoms with Crippen molar-refractivity contribution in [3.8, 4) is 33.4 Å². The Bertz CT molecular complexity index is 3800. The summed E-state index contributed by atoms with van der Waals surface area (Å²) in [7, 11) is 0. The quantitative estimate of drug-likeness (QED) is 0.129. The maximum atomic E-state index is 6.79. The van der Waals surface area contributed by atoms with Gasteiger partial charge in [0.25, 0.3) is 0 Å². The topological polar surface area (TPSA) is 13.1 Å². The molecule has 0 aliphatic carbocycles. The minimum atomic E-state index is 0.897. The normalized spacial score (nSPS) is 12.1. The second kappa shape index (κ2) is 12.1. The molecule has 2 heteroatoms. The molecule has 0 radical (unpaired) electrons. The Hall–Kier alpha value is -7.26. The summed E-state index contributed by atoms with van der Waals surface area (Å²) in [4.78, 5) is 0. The van der Waals surface area contributed by atoms with E-state index in [9.17, 15) is 0 Å². The van der Waals surface area contributed by atoms with Crippen LogP contribution in [-0.2, 0) is 0 Å². The van der Waals surface area contributed by atoms with Crippen LogP contribution >= 0.6 is 11.3 Å². The van der Waals surface area contributed by atoms with Crippen molar-refractivity contribution in [1.29, 1.82) is 0 Å². The van der Waals surface area contributed by atoms with Gasteiger partial charge >= 0.3 is 0 Å². The van der Waals surface area contributed by atoms with Gasteiger partial charge in [0.1, 0.15) is 11.2 Å². The van der Waals surface area contributed by atoms with Gasteiger partial charge in [-0.1, -0.05) is 158 Å². The molecule has 11 aromatic carbocycles. The summed E-state index contributed by atoms with van der Waals surface area (Å²) >= 11 is 1.90. The first-order valence-electron chi connectivity index (χ1n) is 19.9. The van der Waals surface area contributed by atoms with Crippen molar-refractivity contribution in [2.75, 3.05) is 0 Å². The molecule has 0 saturated carbocycles. The van der Waals surface area contributed by atoms with Crippen LogP contribution in [0, 0.1) is 0 Å². The summed E-state index contributed by atoms with van der Waals surface area (Å²) in [6, 6.07) is 71.3. The Morgan fingerprint density at radius 2 is 0.810 bits per heavy atom. The molecular weight excluding hydrogens is 721 g/mol. The lowest BCUT2D eigenvalue weighted by Crippen LogP contribution is -1.91. The molecule has 0 amide bonds. The molecule has 2 heterocycles. The van der Waals surface area contributed by atoms with Crippen LogP contribution in [0.5, 0.6) is 0 Å². The van der Waals surface area contributed by atoms with Crippen LogP contribution in [0.1, 0.15) is 0 Å². The standard InChI is InChI=1S/C56H32OS/c1-2-14-37-33(12-1)13-11-23-42(37)54-46-20-8-6-18-44(46)53(45-19-7-9-21-47(45)54)36-25-28-41-40-27-24-35(31-50(40)57-51(41)32-36)34-26-29-52-49(30-34)55-43-17-5-3-15-38(43)39-16-4-10-22-48(39)56(55)58-52/h1-32H. The third-order valence-corrected chi connectivity index (χ3v) is 13.6. The van der Waals surface area contributed by atoms with Crippen molar-refractivity contribution in [3.63, 3.8) is 0 Å². The molecule has 1 nitrogen and oxygen atoms in total. The maximum Gasteiger partial charge on any atom is 0.136 e. The molecule has 2 aromatic heterocycles. The SMILES string of the molecule is c1ccc2c(-c3c4ccccc4c(-c4ccc5c(c4)oc4cc(-c6ccc7sc8c9ccccc9c9ccccc9c8c7c6)ccc45)c4ccccc34)cccc2c1. The van der Waals surface area contributed by atoms with Gasteiger partial charge in [-0.25, -0.2) is 0 Å². The Balaban J connectivity index is 0.977. The van der Waals surface area contributed by atoms with E-state index >= 15 is 0 Å². The van der Waals surface area contributed by atoms with E-state index in [1.807, 2.05) is 11.3 Å². The molecule has 268 valence electrons. The molecule has 0 aliphatic heterocycles. The highest BCUT2D eigenvalue weighted by molar-refractivity contribution is 7.27. The number of hydrogen-bond acceptors (Lipinski definition) is 2. The lowest BCUT2D eigenvalue weighted by molar-refractivity contribution is 0.669. The average Bonchev–Trinajstić information content (AvgIpc) is 3.86. The summed E-state index contributed by atoms with van der Waals surface area (Å²) in [5.41, 5.74) is 9.06. The van der Waals surface area contributed by atoms with Gasteiger partial charge in [0.2, 0.25) is 0 Å². The van der Waals surface area contributed by atoms with Gasteiger partial charge in [-0.3, -0.25) is 0 Å². The predicted octanol–water partition coefficient (Wildman–Crippen LogP) is 16.7. The van der Waals surface area contributed by atoms with Crippen molar-refractivity contribution >= 4 is 107 Å². The molecule has 0 N–H and O–H groups in total. The highest BCUT2D eigenvalue weighted by atomic mass is 32.1. The fourth-order valence-electron chi connectivity index (χ4n) is 9.87. The van der Waals surface area contributed by atoms with Gasteiger partial charge < -0.3 is 4.42 Å². The molecule has 0 saturated heterocycles. The number of fused-ring (bicyclic) bond motifs is 14. The van der Waals surface area contributed by atoms with Crippen molar-refractivity contribution in [2.45, 2.75) is 0 Å². The van der Waals surface area contributed by atoms with Crippen molar-refractivity contribution < 1.29 is 4.42 Å². The first-order chi connectivity index (χ1) is 28.8. The molecule has 58 heavy (non-hydrogen) atoms. The van der Waals surface area contributed by atoms with Gasteiger partial charge in [0, 0.05) is 36.3 Å². The molecular formula is C56H32OS. The van der Waals surface area contributed by atoms with Crippen molar-refractivity contribution in [2.24, 2.45) is 0 Å². The van der Waals surface area contributed by atoms with E-state index in [0.29, 0.717) is 0 Å². The highest BCUT2D eigenvalue weighted by Crippen LogP contribution is 2.48. The lowest BCUT2D eigenvalue weighted by atomic mass is 9.84. The van der Waals surface area contributed by atoms with E-state index in [2.05, 4.69) is 194 Å². The summed E-state index contributed by atoms with van der Waals surface area (Å²) in [6.45, 7) is 0. The number of thiophene rings is 1. The molecule has 0 spiro atoms. The monoisotopic (exact) mass is 752 g/mol. The maximum absolute atomic E-state index is 6.79. The van der Waals surface area contributed by atoms with Gasteiger partial charge in [0.15, 0.2) is 0 Å². The Labute approximate surface area is 337 Å². The molecule has 0 aliphatic rings. The zero-order chi connectivity index (χ0) is 37.9. The molecule has 0 unspecified atom stereocenters. The van der Waals surface area contributed by atoms with E-state index in [-0.39, 0.29) is 0 Å². The van der Waals surface area contributed by atoms with Crippen LogP contribution in [0.2, 0.25) is 0 Å². The van der Waals surface area contributed by atoms with Crippen molar-refractivity contribution in [1.82, 2.24) is 0 Å². The van der Waals surface area contributed by atoms with E-state index in [0.717, 1.165) is 33.1 Å². The summed E-state index contributed by atoms with van der Waals surface area (Å²) < 4.78 is 9.46. The largest absolute Gasteiger partial charge is 0.456 e. The van der Waals surface area contributed by atoms with Gasteiger partial charge in [-0.15, -0.1) is 11.3 Å². The predicted molar refractivity (Wildman–Crippen MR) is 250 cm³/mol. The fourth-order valence-corrected chi connectivity index (χ4v) is 11.1. The molecule has 0 bridgehead atoms. The minimum Gasteiger partial charge on any atom is -0.456 e. The lowest BCUT2D eigenvalue weighted by Gasteiger charge is -2.18. The van der Waals surface area contributed by atoms with Gasteiger partial charge in [-0.05, 0) is 118 Å². The number of furan rings is 1. The van der Waals surface area contributed by atoms with Crippen LogP contribution < -0.4 is 0 Å². The second-order valence-corrected chi connectivity index (χ2v) is 16.6. The van der Waals surface area contributed by atoms with E-state index < -0.39 is 0 Å². The highest BCUT2D eigenvalue weighted by Gasteiger charge is 2.20. The van der Waals surface area contributed by atoms with Crippen LogP contribution in [0.25, 0.3) is 129 Å². The van der Waals surface area contributed by atoms with Crippen LogP contribution in [0.3, 0.4) is 0 Å². The zero-order valence-corrected chi connectivity index (χ0v) is 32.1. The molecule has 13 rings (SSSR count). The van der Waals surface area contributed by atoms with Gasteiger partial charge in [0.05, 0.1) is 0 Å². The van der Waals surface area contributed by atoms with E-state index in [4.69, 9.17) is 4.42 Å². The Kier molecular flexibility index (Phi) is 6.66. The zero-order valence-electron chi connectivity index (χ0n) is 31.3. The number of hydrogen-bond donors (Lipinski definition) is 0. The first-order valence-corrected chi connectivity index (χ1v) is 20.7. The summed E-state index contributed by atoms with van der Waals surface area (Å²) in [5.74, 6) is 0. The van der Waals surface area contributed by atoms with Crippen LogP contribution in [-0.4, -0.2) is 0 Å². The Morgan fingerprint density at radius 3 is 1.52 bits per heavy atom. The van der Waals surface area contributed by atoms with Crippen LogP contribution in [0.4, 0.5) is 0 Å². The van der Waals surface area contributed by atoms with E-state index in [1.165, 1.54) is 96.3 Å². The number of rotatable bonds is 3. The molecule has 13 aromatic rings. The summed E-state index contributed by atoms with van der Waals surface area (Å²) in [5, 5.41) is 17.6. The number of benzene rings is 11. The Morgan fingerprint density at radius 1 is 0.310 bits per heavy atom. The second-order valence-electron chi connectivity index (χ2n) is 15.5. The van der Waals surface area contributed by atoms with E-state index in [1.54, 1.807) is 0 Å². The molecule has 0 atom stereocenters. The molecule has 0 fully saturated rings. The van der Waals surface area contributed by atoms with Crippen LogP contribution in [0.15, 0.2) is 199 Å². The van der Waals surface area contributed by atoms with Crippen molar-refractivity contribution in [3.05, 3.63) is 194 Å². The fraction of sp³-hybridized carbons (Fsp3) is 0. The summed E-state index contributed by atoms with van der Waals surface area (Å²) in [6.07, 6.45) is 0. The third-order valence-electron chi connectivity index (χ3n) is 12.4. The first kappa shape index (κ1) is 31.9. The minimum absolute atomic E-state index is 0.897. The average molecular weight is 753 g/mol. The third kappa shape index (κ3) is 4.52.